The first kappa shape index (κ1) is 15.6. The van der Waals surface area contributed by atoms with Crippen molar-refractivity contribution < 1.29 is 9.53 Å². The van der Waals surface area contributed by atoms with E-state index in [-0.39, 0.29) is 12.0 Å². The van der Waals surface area contributed by atoms with Crippen molar-refractivity contribution in [3.05, 3.63) is 64.6 Å². The normalized spacial score (nSPS) is 11.5. The van der Waals surface area contributed by atoms with Gasteiger partial charge in [-0.15, -0.1) is 0 Å². The first-order valence-corrected chi connectivity index (χ1v) is 6.88. The highest BCUT2D eigenvalue weighted by molar-refractivity contribution is 5.69. The van der Waals surface area contributed by atoms with E-state index < -0.39 is 0 Å². The average molecular weight is 299 g/mol. The summed E-state index contributed by atoms with van der Waals surface area (Å²) in [4.78, 5) is 18.0. The number of imidazole rings is 1. The summed E-state index contributed by atoms with van der Waals surface area (Å²) in [5.41, 5.74) is 10.6. The van der Waals surface area contributed by atoms with Crippen molar-refractivity contribution in [3.8, 4) is 0 Å². The average Bonchev–Trinajstić information content (AvgIpc) is 3.08. The molecule has 1 heterocycles. The highest BCUT2D eigenvalue weighted by Gasteiger charge is 2.12. The van der Waals surface area contributed by atoms with Crippen molar-refractivity contribution in [3.63, 3.8) is 0 Å². The lowest BCUT2D eigenvalue weighted by Gasteiger charge is -2.17. The predicted octanol–water partition coefficient (Wildman–Crippen LogP) is 2.89. The molecule has 0 amide bonds. The maximum absolute atomic E-state index is 11.2. The third kappa shape index (κ3) is 4.10. The van der Waals surface area contributed by atoms with Crippen LogP contribution in [0, 0.1) is 0 Å². The van der Waals surface area contributed by atoms with Crippen LogP contribution < -0.4 is 0 Å². The van der Waals surface area contributed by atoms with Crippen LogP contribution in [0.15, 0.2) is 48.1 Å². The number of hydrogen-bond acceptors (Lipinski definition) is 4. The fraction of sp³-hybridized carbons (Fsp3) is 0.333. The number of hydrogen-bond donors (Lipinski definition) is 0. The van der Waals surface area contributed by atoms with E-state index in [1.807, 2.05) is 35.0 Å². The molecule has 114 valence electrons. The second kappa shape index (κ2) is 7.85. The van der Waals surface area contributed by atoms with Gasteiger partial charge in [0.25, 0.3) is 0 Å². The molecule has 0 bridgehead atoms. The monoisotopic (exact) mass is 299 g/mol. The van der Waals surface area contributed by atoms with Crippen LogP contribution in [0.2, 0.25) is 0 Å². The van der Waals surface area contributed by atoms with E-state index in [4.69, 9.17) is 5.53 Å². The minimum absolute atomic E-state index is 0.0898. The van der Waals surface area contributed by atoms with E-state index in [1.54, 1.807) is 12.5 Å². The Balaban J connectivity index is 2.12. The van der Waals surface area contributed by atoms with Crippen molar-refractivity contribution >= 4 is 5.97 Å². The molecule has 0 saturated carbocycles. The molecule has 2 rings (SSSR count). The van der Waals surface area contributed by atoms with Crippen LogP contribution >= 0.6 is 0 Å². The quantitative estimate of drug-likeness (QED) is 0.340. The number of carbonyl (C=O) groups excluding carboxylic acids is 1. The first-order chi connectivity index (χ1) is 10.7. The van der Waals surface area contributed by atoms with Crippen LogP contribution in [-0.2, 0) is 16.0 Å². The number of aromatic nitrogens is 2. The van der Waals surface area contributed by atoms with Gasteiger partial charge in [0, 0.05) is 23.7 Å². The highest BCUT2D eigenvalue weighted by atomic mass is 16.5. The number of carbonyl (C=O) groups is 1. The minimum Gasteiger partial charge on any atom is -0.469 e. The first-order valence-electron chi connectivity index (χ1n) is 6.88. The molecule has 7 nitrogen and oxygen atoms in total. The SMILES string of the molecule is COC(=O)CCc1ccc(C(CN=[N+]=[N-])n2ccnc2)cc1. The smallest absolute Gasteiger partial charge is 0.305 e. The fourth-order valence-corrected chi connectivity index (χ4v) is 2.19. The van der Waals surface area contributed by atoms with Crippen LogP contribution in [0.4, 0.5) is 0 Å². The molecular weight excluding hydrogens is 282 g/mol. The molecule has 0 spiro atoms. The summed E-state index contributed by atoms with van der Waals surface area (Å²) in [6.45, 7) is 0.314. The van der Waals surface area contributed by atoms with E-state index >= 15 is 0 Å². The van der Waals surface area contributed by atoms with E-state index in [2.05, 4.69) is 19.7 Å². The largest absolute Gasteiger partial charge is 0.469 e. The summed E-state index contributed by atoms with van der Waals surface area (Å²) in [5.74, 6) is -0.219. The summed E-state index contributed by atoms with van der Waals surface area (Å²) in [6, 6.07) is 7.80. The van der Waals surface area contributed by atoms with Crippen LogP contribution in [0.1, 0.15) is 23.6 Å². The van der Waals surface area contributed by atoms with Crippen molar-refractivity contribution in [2.24, 2.45) is 5.11 Å². The van der Waals surface area contributed by atoms with Gasteiger partial charge in [-0.2, -0.15) is 0 Å². The van der Waals surface area contributed by atoms with Gasteiger partial charge in [0.15, 0.2) is 0 Å². The number of ether oxygens (including phenoxy) is 1. The second-order valence-corrected chi connectivity index (χ2v) is 4.76. The third-order valence-corrected chi connectivity index (χ3v) is 3.41. The van der Waals surface area contributed by atoms with Crippen LogP contribution in [0.25, 0.3) is 10.4 Å². The second-order valence-electron chi connectivity index (χ2n) is 4.76. The molecular formula is C15H17N5O2. The van der Waals surface area contributed by atoms with Gasteiger partial charge >= 0.3 is 5.97 Å². The highest BCUT2D eigenvalue weighted by Crippen LogP contribution is 2.20. The number of esters is 1. The van der Waals surface area contributed by atoms with Gasteiger partial charge < -0.3 is 9.30 Å². The molecule has 7 heteroatoms. The number of nitrogens with zero attached hydrogens (tertiary/aromatic N) is 5. The van der Waals surface area contributed by atoms with Crippen LogP contribution in [0.5, 0.6) is 0 Å². The number of aryl methyl sites for hydroxylation is 1. The van der Waals surface area contributed by atoms with Gasteiger partial charge in [-0.25, -0.2) is 4.98 Å². The zero-order valence-electron chi connectivity index (χ0n) is 12.3. The summed E-state index contributed by atoms with van der Waals surface area (Å²) in [5, 5.41) is 3.67. The molecule has 2 aromatic rings. The van der Waals surface area contributed by atoms with E-state index in [1.165, 1.54) is 7.11 Å². The Hall–Kier alpha value is -2.79. The maximum Gasteiger partial charge on any atom is 0.305 e. The van der Waals surface area contributed by atoms with Gasteiger partial charge in [0.1, 0.15) is 0 Å². The molecule has 1 unspecified atom stereocenters. The summed E-state index contributed by atoms with van der Waals surface area (Å²) in [6.07, 6.45) is 6.22. The van der Waals surface area contributed by atoms with Crippen LogP contribution in [0.3, 0.4) is 0 Å². The number of methoxy groups -OCH3 is 1. The number of azide groups is 1. The molecule has 0 aliphatic rings. The Kier molecular flexibility index (Phi) is 5.57. The van der Waals surface area contributed by atoms with E-state index in [0.29, 0.717) is 19.4 Å². The van der Waals surface area contributed by atoms with Gasteiger partial charge in [-0.3, -0.25) is 4.79 Å². The van der Waals surface area contributed by atoms with Crippen molar-refractivity contribution in [1.82, 2.24) is 9.55 Å². The third-order valence-electron chi connectivity index (χ3n) is 3.41. The topological polar surface area (TPSA) is 92.9 Å². The lowest BCUT2D eigenvalue weighted by Crippen LogP contribution is -2.12. The lowest BCUT2D eigenvalue weighted by atomic mass is 10.0. The van der Waals surface area contributed by atoms with E-state index in [9.17, 15) is 4.79 Å². The molecule has 0 aliphatic heterocycles. The predicted molar refractivity (Wildman–Crippen MR) is 81.2 cm³/mol. The van der Waals surface area contributed by atoms with Gasteiger partial charge in [0.05, 0.1) is 26.0 Å². The molecule has 0 radical (unpaired) electrons. The number of benzene rings is 1. The Labute approximate surface area is 128 Å². The molecule has 1 atom stereocenters. The molecule has 0 aliphatic carbocycles. The Morgan fingerprint density at radius 2 is 2.23 bits per heavy atom. The zero-order valence-corrected chi connectivity index (χ0v) is 12.3. The minimum atomic E-state index is -0.219. The van der Waals surface area contributed by atoms with Gasteiger partial charge in [-0.05, 0) is 23.1 Å². The van der Waals surface area contributed by atoms with E-state index in [0.717, 1.165) is 11.1 Å². The maximum atomic E-state index is 11.2. The molecule has 22 heavy (non-hydrogen) atoms. The molecule has 0 N–H and O–H groups in total. The number of rotatable bonds is 7. The van der Waals surface area contributed by atoms with Gasteiger partial charge in [0.2, 0.25) is 0 Å². The Bertz CT molecular complexity index is 645. The standard InChI is InChI=1S/C15H17N5O2/c1-22-15(21)7-4-12-2-5-13(6-3-12)14(10-18-19-16)20-9-8-17-11-20/h2-3,5-6,8-9,11,14H,4,7,10H2,1H3. The molecule has 1 aromatic carbocycles. The zero-order chi connectivity index (χ0) is 15.8. The summed E-state index contributed by atoms with van der Waals surface area (Å²) in [7, 11) is 1.39. The molecule has 1 aromatic heterocycles. The fourth-order valence-electron chi connectivity index (χ4n) is 2.19. The van der Waals surface area contributed by atoms with Crippen molar-refractivity contribution in [2.45, 2.75) is 18.9 Å². The van der Waals surface area contributed by atoms with Crippen LogP contribution in [-0.4, -0.2) is 29.2 Å². The van der Waals surface area contributed by atoms with Crippen molar-refractivity contribution in [1.29, 1.82) is 0 Å². The summed E-state index contributed by atoms with van der Waals surface area (Å²) >= 11 is 0. The lowest BCUT2D eigenvalue weighted by molar-refractivity contribution is -0.140. The molecule has 0 fully saturated rings. The summed E-state index contributed by atoms with van der Waals surface area (Å²) < 4.78 is 6.53. The Morgan fingerprint density at radius 1 is 1.45 bits per heavy atom. The van der Waals surface area contributed by atoms with Crippen molar-refractivity contribution in [2.75, 3.05) is 13.7 Å². The Morgan fingerprint density at radius 3 is 2.82 bits per heavy atom. The molecule has 0 saturated heterocycles. The van der Waals surface area contributed by atoms with Gasteiger partial charge in [-0.1, -0.05) is 29.4 Å².